The van der Waals surface area contributed by atoms with Gasteiger partial charge in [0.15, 0.2) is 0 Å². The zero-order valence-corrected chi connectivity index (χ0v) is 12.2. The fourth-order valence-electron chi connectivity index (χ4n) is 3.10. The van der Waals surface area contributed by atoms with Crippen LogP contribution >= 0.6 is 0 Å². The fourth-order valence-corrected chi connectivity index (χ4v) is 3.10. The maximum atomic E-state index is 11.3. The van der Waals surface area contributed by atoms with Gasteiger partial charge in [-0.3, -0.25) is 4.79 Å². The Kier molecular flexibility index (Phi) is 3.57. The van der Waals surface area contributed by atoms with Crippen LogP contribution in [-0.4, -0.2) is 24.2 Å². The molecule has 1 N–H and O–H groups in total. The summed E-state index contributed by atoms with van der Waals surface area (Å²) in [4.78, 5) is 13.7. The molecule has 1 atom stereocenters. The average Bonchev–Trinajstić information content (AvgIpc) is 2.30. The molecule has 1 saturated heterocycles. The van der Waals surface area contributed by atoms with Crippen LogP contribution in [-0.2, 0) is 4.79 Å². The Morgan fingerprint density at radius 3 is 2.63 bits per heavy atom. The number of rotatable bonds is 2. The van der Waals surface area contributed by atoms with Crippen LogP contribution in [0.2, 0.25) is 0 Å². The van der Waals surface area contributed by atoms with E-state index in [0.717, 1.165) is 19.5 Å². The van der Waals surface area contributed by atoms with Crippen LogP contribution < -0.4 is 4.90 Å². The van der Waals surface area contributed by atoms with Crippen molar-refractivity contribution in [2.75, 3.05) is 18.0 Å². The Morgan fingerprint density at radius 2 is 2.05 bits per heavy atom. The Balaban J connectivity index is 2.26. The lowest BCUT2D eigenvalue weighted by atomic mass is 9.73. The van der Waals surface area contributed by atoms with E-state index >= 15 is 0 Å². The van der Waals surface area contributed by atoms with Crippen molar-refractivity contribution in [2.45, 2.75) is 34.1 Å². The number of carbonyl (C=O) groups is 1. The quantitative estimate of drug-likeness (QED) is 0.888. The van der Waals surface area contributed by atoms with Crippen LogP contribution in [0.1, 0.15) is 31.4 Å². The second-order valence-electron chi connectivity index (χ2n) is 6.31. The molecule has 1 aliphatic rings. The standard InChI is InChI=1S/C16H23NO2/c1-11-6-5-7-14(12(11)2)17-9-8-13(15(18)19)16(3,4)10-17/h5-7,13H,8-10H2,1-4H3,(H,18,19). The molecule has 2 rings (SSSR count). The number of benzene rings is 1. The molecule has 1 aliphatic heterocycles. The predicted molar refractivity (Wildman–Crippen MR) is 77.7 cm³/mol. The van der Waals surface area contributed by atoms with Crippen molar-refractivity contribution >= 4 is 11.7 Å². The lowest BCUT2D eigenvalue weighted by Gasteiger charge is -2.44. The van der Waals surface area contributed by atoms with Crippen molar-refractivity contribution in [3.05, 3.63) is 29.3 Å². The minimum atomic E-state index is -0.661. The summed E-state index contributed by atoms with van der Waals surface area (Å²) in [5, 5.41) is 9.31. The van der Waals surface area contributed by atoms with Gasteiger partial charge in [-0.2, -0.15) is 0 Å². The summed E-state index contributed by atoms with van der Waals surface area (Å²) in [6, 6.07) is 6.33. The fraction of sp³-hybridized carbons (Fsp3) is 0.562. The van der Waals surface area contributed by atoms with Gasteiger partial charge < -0.3 is 10.0 Å². The first-order valence-electron chi connectivity index (χ1n) is 6.87. The van der Waals surface area contributed by atoms with Crippen molar-refractivity contribution < 1.29 is 9.90 Å². The van der Waals surface area contributed by atoms with Gasteiger partial charge in [0.25, 0.3) is 0 Å². The number of aryl methyl sites for hydroxylation is 1. The van der Waals surface area contributed by atoms with Crippen LogP contribution in [0.5, 0.6) is 0 Å². The van der Waals surface area contributed by atoms with Crippen LogP contribution in [0.25, 0.3) is 0 Å². The van der Waals surface area contributed by atoms with Crippen LogP contribution in [0, 0.1) is 25.2 Å². The monoisotopic (exact) mass is 261 g/mol. The number of hydrogen-bond donors (Lipinski definition) is 1. The number of nitrogens with zero attached hydrogens (tertiary/aromatic N) is 1. The Morgan fingerprint density at radius 1 is 1.37 bits per heavy atom. The zero-order valence-electron chi connectivity index (χ0n) is 12.2. The van der Waals surface area contributed by atoms with Crippen molar-refractivity contribution in [1.82, 2.24) is 0 Å². The second kappa shape index (κ2) is 4.87. The molecule has 0 aromatic heterocycles. The van der Waals surface area contributed by atoms with Crippen LogP contribution in [0.3, 0.4) is 0 Å². The zero-order chi connectivity index (χ0) is 14.2. The van der Waals surface area contributed by atoms with E-state index < -0.39 is 5.97 Å². The highest BCUT2D eigenvalue weighted by molar-refractivity contribution is 5.72. The van der Waals surface area contributed by atoms with Crippen molar-refractivity contribution in [2.24, 2.45) is 11.3 Å². The summed E-state index contributed by atoms with van der Waals surface area (Å²) < 4.78 is 0. The van der Waals surface area contributed by atoms with E-state index in [-0.39, 0.29) is 11.3 Å². The minimum Gasteiger partial charge on any atom is -0.481 e. The molecule has 104 valence electrons. The molecular formula is C16H23NO2. The third-order valence-electron chi connectivity index (χ3n) is 4.44. The highest BCUT2D eigenvalue weighted by Gasteiger charge is 2.40. The molecular weight excluding hydrogens is 238 g/mol. The Bertz CT molecular complexity index is 494. The normalized spacial score (nSPS) is 22.3. The summed E-state index contributed by atoms with van der Waals surface area (Å²) in [6.07, 6.45) is 0.718. The van der Waals surface area contributed by atoms with E-state index in [1.165, 1.54) is 16.8 Å². The van der Waals surface area contributed by atoms with E-state index in [4.69, 9.17) is 0 Å². The summed E-state index contributed by atoms with van der Waals surface area (Å²) in [6.45, 7) is 10.0. The molecule has 3 nitrogen and oxygen atoms in total. The highest BCUT2D eigenvalue weighted by Crippen LogP contribution is 2.38. The number of carboxylic acids is 1. The van der Waals surface area contributed by atoms with E-state index in [1.807, 2.05) is 0 Å². The molecule has 1 aromatic rings. The molecule has 0 amide bonds. The van der Waals surface area contributed by atoms with E-state index in [9.17, 15) is 9.90 Å². The topological polar surface area (TPSA) is 40.5 Å². The molecule has 0 bridgehead atoms. The van der Waals surface area contributed by atoms with Gasteiger partial charge in [-0.05, 0) is 42.9 Å². The maximum Gasteiger partial charge on any atom is 0.307 e. The molecule has 19 heavy (non-hydrogen) atoms. The number of carboxylic acid groups (broad SMARTS) is 1. The van der Waals surface area contributed by atoms with Gasteiger partial charge in [0.05, 0.1) is 5.92 Å². The SMILES string of the molecule is Cc1cccc(N2CCC(C(=O)O)C(C)(C)C2)c1C. The van der Waals surface area contributed by atoms with Crippen molar-refractivity contribution in [3.8, 4) is 0 Å². The Labute approximate surface area is 115 Å². The third kappa shape index (κ3) is 2.60. The third-order valence-corrected chi connectivity index (χ3v) is 4.44. The molecule has 1 unspecified atom stereocenters. The van der Waals surface area contributed by atoms with Gasteiger partial charge in [-0.25, -0.2) is 0 Å². The predicted octanol–water partition coefficient (Wildman–Crippen LogP) is 3.24. The number of anilines is 1. The largest absolute Gasteiger partial charge is 0.481 e. The summed E-state index contributed by atoms with van der Waals surface area (Å²) in [5.41, 5.74) is 3.64. The van der Waals surface area contributed by atoms with Crippen LogP contribution in [0.15, 0.2) is 18.2 Å². The van der Waals surface area contributed by atoms with E-state index in [1.54, 1.807) is 0 Å². The number of piperidine rings is 1. The van der Waals surface area contributed by atoms with Gasteiger partial charge in [0, 0.05) is 18.8 Å². The second-order valence-corrected chi connectivity index (χ2v) is 6.31. The molecule has 3 heteroatoms. The molecule has 1 heterocycles. The van der Waals surface area contributed by atoms with Crippen molar-refractivity contribution in [3.63, 3.8) is 0 Å². The van der Waals surface area contributed by atoms with E-state index in [2.05, 4.69) is 50.8 Å². The lowest BCUT2D eigenvalue weighted by molar-refractivity contribution is -0.146. The lowest BCUT2D eigenvalue weighted by Crippen LogP contribution is -2.48. The first kappa shape index (κ1) is 13.9. The first-order valence-corrected chi connectivity index (χ1v) is 6.87. The molecule has 0 aliphatic carbocycles. The summed E-state index contributed by atoms with van der Waals surface area (Å²) in [5.74, 6) is -0.903. The smallest absolute Gasteiger partial charge is 0.307 e. The van der Waals surface area contributed by atoms with Gasteiger partial charge in [-0.1, -0.05) is 26.0 Å². The molecule has 1 fully saturated rings. The summed E-state index contributed by atoms with van der Waals surface area (Å²) >= 11 is 0. The van der Waals surface area contributed by atoms with Gasteiger partial charge in [0.2, 0.25) is 0 Å². The first-order chi connectivity index (χ1) is 8.83. The maximum absolute atomic E-state index is 11.3. The molecule has 1 aromatic carbocycles. The molecule has 0 radical (unpaired) electrons. The number of hydrogen-bond acceptors (Lipinski definition) is 2. The minimum absolute atomic E-state index is 0.194. The van der Waals surface area contributed by atoms with Crippen LogP contribution in [0.4, 0.5) is 5.69 Å². The van der Waals surface area contributed by atoms with Gasteiger partial charge in [-0.15, -0.1) is 0 Å². The molecule has 0 saturated carbocycles. The molecule has 0 spiro atoms. The highest BCUT2D eigenvalue weighted by atomic mass is 16.4. The van der Waals surface area contributed by atoms with Gasteiger partial charge >= 0.3 is 5.97 Å². The van der Waals surface area contributed by atoms with Crippen molar-refractivity contribution in [1.29, 1.82) is 0 Å². The average molecular weight is 261 g/mol. The number of aliphatic carboxylic acids is 1. The van der Waals surface area contributed by atoms with Gasteiger partial charge in [0.1, 0.15) is 0 Å². The Hall–Kier alpha value is -1.51. The summed E-state index contributed by atoms with van der Waals surface area (Å²) in [7, 11) is 0. The van der Waals surface area contributed by atoms with E-state index in [0.29, 0.717) is 0 Å².